The number of carbonyl (C=O) groups excluding carboxylic acids is 1. The van der Waals surface area contributed by atoms with Crippen LogP contribution in [0.25, 0.3) is 0 Å². The second-order valence-electron chi connectivity index (χ2n) is 15.7. The van der Waals surface area contributed by atoms with E-state index in [1.165, 1.54) is 57.8 Å². The zero-order valence-corrected chi connectivity index (χ0v) is 37.5. The van der Waals surface area contributed by atoms with E-state index in [1.54, 1.807) is 0 Å². The Morgan fingerprint density at radius 1 is 0.571 bits per heavy atom. The Morgan fingerprint density at radius 2 is 1.04 bits per heavy atom. The van der Waals surface area contributed by atoms with Crippen LogP contribution in [0.15, 0.2) is 72.9 Å². The van der Waals surface area contributed by atoms with Crippen LogP contribution >= 0.6 is 7.82 Å². The predicted octanol–water partition coefficient (Wildman–Crippen LogP) is 13.1. The third kappa shape index (κ3) is 43.1. The Hall–Kier alpha value is -2.06. The number of hydrogen-bond donors (Lipinski definition) is 1. The molecule has 2 unspecified atom stereocenters. The van der Waals surface area contributed by atoms with E-state index in [0.29, 0.717) is 24.1 Å². The van der Waals surface area contributed by atoms with E-state index in [9.17, 15) is 14.3 Å². The van der Waals surface area contributed by atoms with Crippen LogP contribution in [-0.4, -0.2) is 75.6 Å². The van der Waals surface area contributed by atoms with Gasteiger partial charge in [0.25, 0.3) is 0 Å². The van der Waals surface area contributed by atoms with Gasteiger partial charge in [0.2, 0.25) is 0 Å². The number of allylic oxidation sites excluding steroid dienone is 12. The summed E-state index contributed by atoms with van der Waals surface area (Å²) in [6, 6.07) is 0. The van der Waals surface area contributed by atoms with Crippen molar-refractivity contribution in [1.82, 2.24) is 0 Å². The Morgan fingerprint density at radius 3 is 1.57 bits per heavy atom. The SMILES string of the molecule is CC/C=C\C/C=C\C/C=C\C/C=C\C/C=C\CCCCOCC(COP(=O)(O)OCC[N+](C)(C)C)OC(=O)CCCCCCC/C=C\CCCCCCCCC. The molecule has 0 rings (SSSR count). The van der Waals surface area contributed by atoms with E-state index in [1.807, 2.05) is 21.1 Å². The number of phosphoric ester groups is 1. The molecular weight excluding hydrogens is 721 g/mol. The van der Waals surface area contributed by atoms with Gasteiger partial charge in [0.05, 0.1) is 34.4 Å². The van der Waals surface area contributed by atoms with Gasteiger partial charge in [0.15, 0.2) is 0 Å². The standard InChI is InChI=1S/C47H84NO7P/c1-6-8-10-12-14-16-18-20-22-24-25-27-29-31-33-35-37-39-42-52-44-46(45-54-56(50,51)53-43-41-48(3,4)5)55-47(49)40-38-36-34-32-30-28-26-23-21-19-17-15-13-11-9-7-2/h8,10,14,16,20,22-23,25-27,31,33,46H,6-7,9,11-13,15,17-19,21,24,28-30,32,34-45H2,1-5H3/p+1/b10-8-,16-14-,22-20-,26-23-,27-25-,33-31-. The van der Waals surface area contributed by atoms with E-state index in [4.69, 9.17) is 18.5 Å². The number of carbonyl (C=O) groups is 1. The maximum Gasteiger partial charge on any atom is 0.472 e. The van der Waals surface area contributed by atoms with Gasteiger partial charge < -0.3 is 18.9 Å². The van der Waals surface area contributed by atoms with Crippen LogP contribution in [0.2, 0.25) is 0 Å². The molecule has 0 aliphatic carbocycles. The van der Waals surface area contributed by atoms with Crippen LogP contribution in [0.4, 0.5) is 0 Å². The van der Waals surface area contributed by atoms with Crippen LogP contribution in [0.3, 0.4) is 0 Å². The maximum atomic E-state index is 12.7. The summed E-state index contributed by atoms with van der Waals surface area (Å²) in [5.41, 5.74) is 0. The van der Waals surface area contributed by atoms with Gasteiger partial charge in [-0.2, -0.15) is 0 Å². The molecule has 324 valence electrons. The van der Waals surface area contributed by atoms with Gasteiger partial charge in [-0.25, -0.2) is 4.57 Å². The van der Waals surface area contributed by atoms with Crippen LogP contribution in [-0.2, 0) is 27.9 Å². The van der Waals surface area contributed by atoms with Gasteiger partial charge >= 0.3 is 13.8 Å². The Labute approximate surface area is 344 Å². The molecule has 0 amide bonds. The van der Waals surface area contributed by atoms with Gasteiger partial charge in [-0.15, -0.1) is 0 Å². The summed E-state index contributed by atoms with van der Waals surface area (Å²) >= 11 is 0. The summed E-state index contributed by atoms with van der Waals surface area (Å²) in [5.74, 6) is -0.340. The van der Waals surface area contributed by atoms with E-state index >= 15 is 0 Å². The fourth-order valence-corrected chi connectivity index (χ4v) is 6.31. The zero-order chi connectivity index (χ0) is 41.3. The van der Waals surface area contributed by atoms with E-state index in [2.05, 4.69) is 86.8 Å². The summed E-state index contributed by atoms with van der Waals surface area (Å²) in [7, 11) is 1.62. The Bertz CT molecular complexity index is 1120. The minimum absolute atomic E-state index is 0.0751. The summed E-state index contributed by atoms with van der Waals surface area (Å²) in [5, 5.41) is 0. The number of rotatable bonds is 40. The fourth-order valence-electron chi connectivity index (χ4n) is 5.57. The van der Waals surface area contributed by atoms with Crippen LogP contribution < -0.4 is 0 Å². The average molecular weight is 807 g/mol. The molecule has 0 heterocycles. The van der Waals surface area contributed by atoms with Crippen molar-refractivity contribution in [1.29, 1.82) is 0 Å². The second kappa shape index (κ2) is 39.8. The molecule has 8 nitrogen and oxygen atoms in total. The highest BCUT2D eigenvalue weighted by Crippen LogP contribution is 2.43. The minimum atomic E-state index is -4.29. The molecule has 2 atom stereocenters. The first-order chi connectivity index (χ1) is 27.1. The molecule has 0 aliphatic rings. The van der Waals surface area contributed by atoms with E-state index in [-0.39, 0.29) is 25.8 Å². The molecule has 0 radical (unpaired) electrons. The highest BCUT2D eigenvalue weighted by molar-refractivity contribution is 7.47. The number of unbranched alkanes of at least 4 members (excludes halogenated alkanes) is 14. The van der Waals surface area contributed by atoms with Crippen LogP contribution in [0.1, 0.15) is 162 Å². The summed E-state index contributed by atoms with van der Waals surface area (Å²) in [6.45, 7) is 5.36. The number of quaternary nitrogens is 1. The summed E-state index contributed by atoms with van der Waals surface area (Å²) in [4.78, 5) is 22.9. The molecule has 0 aromatic rings. The Kier molecular flexibility index (Phi) is 38.3. The topological polar surface area (TPSA) is 91.3 Å². The highest BCUT2D eigenvalue weighted by atomic mass is 31.2. The molecule has 0 aromatic heterocycles. The largest absolute Gasteiger partial charge is 0.472 e. The number of likely N-dealkylation sites (N-methyl/N-ethyl adjacent to an activating group) is 1. The normalized spacial score (nSPS) is 14.5. The molecule has 1 N–H and O–H groups in total. The molecule has 0 fully saturated rings. The third-order valence-corrected chi connectivity index (χ3v) is 9.99. The summed E-state index contributed by atoms with van der Waals surface area (Å²) in [6.07, 6.45) is 50.8. The Balaban J connectivity index is 4.35. The molecule has 56 heavy (non-hydrogen) atoms. The molecule has 0 aromatic carbocycles. The average Bonchev–Trinajstić information content (AvgIpc) is 3.15. The number of esters is 1. The van der Waals surface area contributed by atoms with Crippen molar-refractivity contribution in [2.75, 3.05) is 54.1 Å². The lowest BCUT2D eigenvalue weighted by Gasteiger charge is -2.24. The molecule has 0 saturated carbocycles. The summed E-state index contributed by atoms with van der Waals surface area (Å²) < 4.78 is 34.9. The quantitative estimate of drug-likeness (QED) is 0.0217. The maximum absolute atomic E-state index is 12.7. The minimum Gasteiger partial charge on any atom is -0.457 e. The molecule has 0 aliphatic heterocycles. The number of phosphoric acid groups is 1. The van der Waals surface area contributed by atoms with Crippen molar-refractivity contribution in [3.8, 4) is 0 Å². The zero-order valence-electron chi connectivity index (χ0n) is 36.6. The second-order valence-corrected chi connectivity index (χ2v) is 17.1. The van der Waals surface area contributed by atoms with Gasteiger partial charge in [0, 0.05) is 13.0 Å². The van der Waals surface area contributed by atoms with Crippen molar-refractivity contribution in [3.05, 3.63) is 72.9 Å². The molecular formula is C47H85NO7P+. The third-order valence-electron chi connectivity index (χ3n) is 9.00. The smallest absolute Gasteiger partial charge is 0.457 e. The lowest BCUT2D eigenvalue weighted by atomic mass is 10.1. The molecule has 0 saturated heterocycles. The van der Waals surface area contributed by atoms with Crippen molar-refractivity contribution < 1.29 is 37.3 Å². The number of nitrogens with zero attached hydrogens (tertiary/aromatic N) is 1. The van der Waals surface area contributed by atoms with Crippen molar-refractivity contribution >= 4 is 13.8 Å². The first kappa shape index (κ1) is 53.9. The molecule has 0 spiro atoms. The number of hydrogen-bond acceptors (Lipinski definition) is 6. The van der Waals surface area contributed by atoms with E-state index in [0.717, 1.165) is 83.5 Å². The first-order valence-corrected chi connectivity index (χ1v) is 23.7. The molecule has 9 heteroatoms. The van der Waals surface area contributed by atoms with Crippen molar-refractivity contribution in [2.24, 2.45) is 0 Å². The van der Waals surface area contributed by atoms with Gasteiger partial charge in [-0.05, 0) is 83.5 Å². The lowest BCUT2D eigenvalue weighted by molar-refractivity contribution is -0.870. The van der Waals surface area contributed by atoms with Crippen LogP contribution in [0, 0.1) is 0 Å². The monoisotopic (exact) mass is 807 g/mol. The van der Waals surface area contributed by atoms with E-state index < -0.39 is 13.9 Å². The number of ether oxygens (including phenoxy) is 2. The highest BCUT2D eigenvalue weighted by Gasteiger charge is 2.26. The fraction of sp³-hybridized carbons (Fsp3) is 0.723. The van der Waals surface area contributed by atoms with Gasteiger partial charge in [-0.3, -0.25) is 13.8 Å². The van der Waals surface area contributed by atoms with Gasteiger partial charge in [0.1, 0.15) is 19.3 Å². The first-order valence-electron chi connectivity index (χ1n) is 22.2. The van der Waals surface area contributed by atoms with Crippen molar-refractivity contribution in [3.63, 3.8) is 0 Å². The molecule has 0 bridgehead atoms. The predicted molar refractivity (Wildman–Crippen MR) is 238 cm³/mol. The lowest BCUT2D eigenvalue weighted by Crippen LogP contribution is -2.37. The van der Waals surface area contributed by atoms with Crippen LogP contribution in [0.5, 0.6) is 0 Å². The van der Waals surface area contributed by atoms with Crippen molar-refractivity contribution in [2.45, 2.75) is 168 Å². The van der Waals surface area contributed by atoms with Gasteiger partial charge in [-0.1, -0.05) is 145 Å².